The van der Waals surface area contributed by atoms with Crippen molar-refractivity contribution in [3.63, 3.8) is 0 Å². The van der Waals surface area contributed by atoms with Crippen LogP contribution in [-0.4, -0.2) is 26.1 Å². The fraction of sp³-hybridized carbons (Fsp3) is 0.500. The monoisotopic (exact) mass is 272 g/mol. The van der Waals surface area contributed by atoms with Crippen LogP contribution in [0.3, 0.4) is 0 Å². The lowest BCUT2D eigenvalue weighted by Gasteiger charge is -2.05. The summed E-state index contributed by atoms with van der Waals surface area (Å²) in [6.45, 7) is 1.36. The molecule has 0 aliphatic carbocycles. The predicted molar refractivity (Wildman–Crippen MR) is 71.4 cm³/mol. The number of nitrogens with zero attached hydrogens (tertiary/aromatic N) is 10. The Morgan fingerprint density at radius 3 is 2.75 bits per heavy atom. The van der Waals surface area contributed by atoms with Gasteiger partial charge >= 0.3 is 0 Å². The second kappa shape index (κ2) is 6.93. The Morgan fingerprint density at radius 1 is 1.10 bits per heavy atom. The first-order valence-corrected chi connectivity index (χ1v) is 6.03. The summed E-state index contributed by atoms with van der Waals surface area (Å²) in [6, 6.07) is 0. The van der Waals surface area contributed by atoms with Crippen LogP contribution in [0.2, 0.25) is 0 Å². The zero-order valence-electron chi connectivity index (χ0n) is 10.7. The summed E-state index contributed by atoms with van der Waals surface area (Å²) in [7, 11) is 0. The highest BCUT2D eigenvalue weighted by Gasteiger charge is 2.09. The highest BCUT2D eigenvalue weighted by molar-refractivity contribution is 5.73. The Morgan fingerprint density at radius 2 is 1.95 bits per heavy atom. The molecule has 2 rings (SSSR count). The lowest BCUT2D eigenvalue weighted by Crippen LogP contribution is -2.01. The molecular formula is C10H12N10. The van der Waals surface area contributed by atoms with Gasteiger partial charge in [-0.25, -0.2) is 15.0 Å². The van der Waals surface area contributed by atoms with Gasteiger partial charge in [0, 0.05) is 22.9 Å². The molecule has 2 aromatic heterocycles. The first kappa shape index (κ1) is 13.6. The topological polar surface area (TPSA) is 141 Å². The van der Waals surface area contributed by atoms with Crippen molar-refractivity contribution < 1.29 is 0 Å². The maximum atomic E-state index is 8.40. The van der Waals surface area contributed by atoms with Crippen molar-refractivity contribution in [1.29, 1.82) is 0 Å². The van der Waals surface area contributed by atoms with Gasteiger partial charge in [0.1, 0.15) is 11.8 Å². The van der Waals surface area contributed by atoms with Crippen LogP contribution in [-0.2, 0) is 13.1 Å². The second-order valence-electron chi connectivity index (χ2n) is 3.98. The van der Waals surface area contributed by atoms with Crippen LogP contribution in [0.25, 0.3) is 32.0 Å². The van der Waals surface area contributed by atoms with Gasteiger partial charge < -0.3 is 4.57 Å². The maximum Gasteiger partial charge on any atom is 0.181 e. The third-order valence-corrected chi connectivity index (χ3v) is 2.74. The minimum absolute atomic E-state index is 0.167. The molecule has 10 nitrogen and oxygen atoms in total. The van der Waals surface area contributed by atoms with E-state index in [4.69, 9.17) is 11.1 Å². The van der Waals surface area contributed by atoms with Gasteiger partial charge in [-0.3, -0.25) is 0 Å². The Kier molecular flexibility index (Phi) is 4.71. The number of hydrogen-bond acceptors (Lipinski definition) is 5. The number of aromatic nitrogens is 4. The van der Waals surface area contributed by atoms with Gasteiger partial charge in [-0.15, -0.1) is 0 Å². The van der Waals surface area contributed by atoms with Gasteiger partial charge in [-0.05, 0) is 23.9 Å². The molecule has 0 aromatic carbocycles. The lowest BCUT2D eigenvalue weighted by atomic mass is 10.3. The zero-order valence-corrected chi connectivity index (χ0v) is 10.7. The summed E-state index contributed by atoms with van der Waals surface area (Å²) in [6.07, 6.45) is 4.74. The van der Waals surface area contributed by atoms with Crippen LogP contribution >= 0.6 is 0 Å². The van der Waals surface area contributed by atoms with E-state index in [9.17, 15) is 0 Å². The molecule has 0 fully saturated rings. The first-order valence-electron chi connectivity index (χ1n) is 6.03. The van der Waals surface area contributed by atoms with E-state index in [1.54, 1.807) is 6.33 Å². The summed E-state index contributed by atoms with van der Waals surface area (Å²) in [4.78, 5) is 17.9. The minimum Gasteiger partial charge on any atom is -0.328 e. The van der Waals surface area contributed by atoms with Crippen LogP contribution in [0.5, 0.6) is 0 Å². The van der Waals surface area contributed by atoms with E-state index in [2.05, 4.69) is 35.0 Å². The molecule has 20 heavy (non-hydrogen) atoms. The van der Waals surface area contributed by atoms with Gasteiger partial charge in [0.05, 0.1) is 18.6 Å². The number of fused-ring (bicyclic) bond motifs is 1. The van der Waals surface area contributed by atoms with Gasteiger partial charge in [0.25, 0.3) is 0 Å². The van der Waals surface area contributed by atoms with E-state index in [1.807, 2.05) is 4.57 Å². The molecule has 0 bridgehead atoms. The molecule has 0 spiro atoms. The minimum atomic E-state index is 0.167. The summed E-state index contributed by atoms with van der Waals surface area (Å²) >= 11 is 0. The molecule has 0 amide bonds. The molecule has 0 aliphatic rings. The molecular weight excluding hydrogens is 260 g/mol. The molecule has 10 heteroatoms. The van der Waals surface area contributed by atoms with Crippen molar-refractivity contribution in [2.75, 3.05) is 6.54 Å². The number of rotatable bonds is 7. The zero-order chi connectivity index (χ0) is 14.2. The van der Waals surface area contributed by atoms with Gasteiger partial charge in [0.15, 0.2) is 5.65 Å². The SMILES string of the molecule is [N-]=[N+]=NCCCCn1cnc2ncnc(CN=[N+]=[N-])c21. The summed E-state index contributed by atoms with van der Waals surface area (Å²) in [5.41, 5.74) is 18.6. The number of unbranched alkanes of at least 4 members (excludes halogenated alkanes) is 1. The quantitative estimate of drug-likeness (QED) is 0.331. The third kappa shape index (κ3) is 3.14. The summed E-state index contributed by atoms with van der Waals surface area (Å²) in [5, 5.41) is 7.01. The summed E-state index contributed by atoms with van der Waals surface area (Å²) in [5.74, 6) is 0. The van der Waals surface area contributed by atoms with Gasteiger partial charge in [0.2, 0.25) is 0 Å². The van der Waals surface area contributed by atoms with Crippen molar-refractivity contribution in [3.05, 3.63) is 39.2 Å². The second-order valence-corrected chi connectivity index (χ2v) is 3.98. The van der Waals surface area contributed by atoms with Crippen molar-refractivity contribution in [2.24, 2.45) is 10.2 Å². The first-order chi connectivity index (χ1) is 9.86. The average Bonchev–Trinajstić information content (AvgIpc) is 2.89. The normalized spacial score (nSPS) is 10.0. The third-order valence-electron chi connectivity index (χ3n) is 2.74. The van der Waals surface area contributed by atoms with Crippen molar-refractivity contribution in [2.45, 2.75) is 25.9 Å². The maximum absolute atomic E-state index is 8.40. The Bertz CT molecular complexity index is 676. The van der Waals surface area contributed by atoms with E-state index < -0.39 is 0 Å². The van der Waals surface area contributed by atoms with Crippen LogP contribution in [0.4, 0.5) is 0 Å². The lowest BCUT2D eigenvalue weighted by molar-refractivity contribution is 0.624. The Hall–Kier alpha value is -2.83. The predicted octanol–water partition coefficient (Wildman–Crippen LogP) is 2.73. The highest BCUT2D eigenvalue weighted by Crippen LogP contribution is 2.15. The fourth-order valence-electron chi connectivity index (χ4n) is 1.87. The Balaban J connectivity index is 2.16. The summed E-state index contributed by atoms with van der Waals surface area (Å²) < 4.78 is 1.92. The van der Waals surface area contributed by atoms with Crippen LogP contribution in [0.1, 0.15) is 18.5 Å². The molecule has 0 atom stereocenters. The molecule has 0 aliphatic heterocycles. The Labute approximate surface area is 113 Å². The molecule has 0 saturated carbocycles. The van der Waals surface area contributed by atoms with E-state index >= 15 is 0 Å². The fourth-order valence-corrected chi connectivity index (χ4v) is 1.87. The number of aryl methyl sites for hydroxylation is 1. The molecule has 102 valence electrons. The van der Waals surface area contributed by atoms with Crippen molar-refractivity contribution in [3.8, 4) is 0 Å². The molecule has 0 radical (unpaired) electrons. The van der Waals surface area contributed by atoms with Crippen LogP contribution < -0.4 is 0 Å². The van der Waals surface area contributed by atoms with Crippen molar-refractivity contribution >= 4 is 11.2 Å². The van der Waals surface area contributed by atoms with Crippen molar-refractivity contribution in [1.82, 2.24) is 19.5 Å². The average molecular weight is 272 g/mol. The molecule has 2 heterocycles. The highest BCUT2D eigenvalue weighted by atomic mass is 15.2. The van der Waals surface area contributed by atoms with E-state index in [0.717, 1.165) is 18.4 Å². The van der Waals surface area contributed by atoms with E-state index in [1.165, 1.54) is 6.33 Å². The van der Waals surface area contributed by atoms with Crippen LogP contribution in [0.15, 0.2) is 22.9 Å². The molecule has 0 unspecified atom stereocenters. The van der Waals surface area contributed by atoms with Gasteiger partial charge in [-0.1, -0.05) is 10.2 Å². The van der Waals surface area contributed by atoms with E-state index in [0.29, 0.717) is 24.4 Å². The smallest absolute Gasteiger partial charge is 0.181 e. The largest absolute Gasteiger partial charge is 0.328 e. The standard InChI is InChI=1S/C10H12N10/c11-18-16-3-1-2-4-20-7-15-10-9(20)8(5-17-19-12)13-6-14-10/h6-7H,1-5H2. The number of hydrogen-bond donors (Lipinski definition) is 0. The van der Waals surface area contributed by atoms with E-state index in [-0.39, 0.29) is 6.54 Å². The molecule has 2 aromatic rings. The number of azide groups is 2. The van der Waals surface area contributed by atoms with Gasteiger partial charge in [-0.2, -0.15) is 0 Å². The number of imidazole rings is 1. The molecule has 0 N–H and O–H groups in total. The van der Waals surface area contributed by atoms with Crippen LogP contribution in [0, 0.1) is 0 Å². The molecule has 0 saturated heterocycles.